The molecule has 0 aliphatic carbocycles. The van der Waals surface area contributed by atoms with Crippen LogP contribution in [0.25, 0.3) is 0 Å². The Morgan fingerprint density at radius 3 is 2.52 bits per heavy atom. The van der Waals surface area contributed by atoms with E-state index < -0.39 is 0 Å². The molecule has 0 unspecified atom stereocenters. The first kappa shape index (κ1) is 18.3. The van der Waals surface area contributed by atoms with Gasteiger partial charge in [-0.05, 0) is 53.0 Å². The summed E-state index contributed by atoms with van der Waals surface area (Å²) in [5.74, 6) is 1.47. The van der Waals surface area contributed by atoms with Crippen molar-refractivity contribution in [2.75, 3.05) is 34.0 Å². The molecule has 0 atom stereocenters. The number of methoxy groups -OCH3 is 2. The molecule has 1 rings (SSSR count). The van der Waals surface area contributed by atoms with E-state index >= 15 is 0 Å². The molecule has 0 aromatic heterocycles. The van der Waals surface area contributed by atoms with Gasteiger partial charge in [-0.2, -0.15) is 0 Å². The largest absolute Gasteiger partial charge is 0.493 e. The number of nitrogens with one attached hydrogen (secondary N) is 1. The molecule has 1 aromatic carbocycles. The summed E-state index contributed by atoms with van der Waals surface area (Å²) >= 11 is 3.50. The number of unbranched alkanes of at least 4 members (excludes halogenated alkanes) is 1. The number of halogens is 1. The molecular weight excluding hydrogens is 334 g/mol. The van der Waals surface area contributed by atoms with Gasteiger partial charge >= 0.3 is 0 Å². The molecule has 0 saturated heterocycles. The lowest BCUT2D eigenvalue weighted by Crippen LogP contribution is -2.16. The lowest BCUT2D eigenvalue weighted by atomic mass is 10.2. The van der Waals surface area contributed by atoms with Gasteiger partial charge in [0.2, 0.25) is 0 Å². The predicted octanol–water partition coefficient (Wildman–Crippen LogP) is 3.76. The molecule has 0 heterocycles. The number of hydrogen-bond acceptors (Lipinski definition) is 4. The Balaban J connectivity index is 2.31. The zero-order valence-corrected chi connectivity index (χ0v) is 14.8. The SMILES string of the molecule is CCCCOCCCNCc1cc(Br)c(OC)c(OC)c1. The minimum atomic E-state index is 0.727. The predicted molar refractivity (Wildman–Crippen MR) is 89.3 cm³/mol. The fourth-order valence-corrected chi connectivity index (χ4v) is 2.61. The molecule has 1 aromatic rings. The maximum absolute atomic E-state index is 5.53. The maximum atomic E-state index is 5.53. The van der Waals surface area contributed by atoms with Crippen molar-refractivity contribution in [3.8, 4) is 11.5 Å². The van der Waals surface area contributed by atoms with Crippen molar-refractivity contribution in [2.24, 2.45) is 0 Å². The summed E-state index contributed by atoms with van der Waals surface area (Å²) in [6, 6.07) is 4.04. The van der Waals surface area contributed by atoms with Crippen molar-refractivity contribution >= 4 is 15.9 Å². The van der Waals surface area contributed by atoms with Gasteiger partial charge in [-0.25, -0.2) is 0 Å². The third-order valence-electron chi connectivity index (χ3n) is 3.11. The summed E-state index contributed by atoms with van der Waals surface area (Å²) < 4.78 is 17.1. The normalized spacial score (nSPS) is 10.7. The second-order valence-corrected chi connectivity index (χ2v) is 5.66. The molecule has 4 nitrogen and oxygen atoms in total. The Hall–Kier alpha value is -0.780. The molecule has 0 fully saturated rings. The van der Waals surface area contributed by atoms with Crippen LogP contribution in [0, 0.1) is 0 Å². The fourth-order valence-electron chi connectivity index (χ4n) is 1.95. The zero-order chi connectivity index (χ0) is 15.5. The zero-order valence-electron chi connectivity index (χ0n) is 13.2. The Morgan fingerprint density at radius 2 is 1.86 bits per heavy atom. The van der Waals surface area contributed by atoms with E-state index in [0.29, 0.717) is 0 Å². The van der Waals surface area contributed by atoms with Crippen LogP contribution in [-0.4, -0.2) is 34.0 Å². The van der Waals surface area contributed by atoms with Crippen LogP contribution in [-0.2, 0) is 11.3 Å². The molecule has 0 aliphatic heterocycles. The monoisotopic (exact) mass is 359 g/mol. The lowest BCUT2D eigenvalue weighted by molar-refractivity contribution is 0.129. The van der Waals surface area contributed by atoms with E-state index in [4.69, 9.17) is 14.2 Å². The minimum absolute atomic E-state index is 0.727. The van der Waals surface area contributed by atoms with Gasteiger partial charge < -0.3 is 19.5 Å². The van der Waals surface area contributed by atoms with E-state index in [0.717, 1.165) is 60.7 Å². The van der Waals surface area contributed by atoms with E-state index in [9.17, 15) is 0 Å². The average molecular weight is 360 g/mol. The second kappa shape index (κ2) is 10.9. The lowest BCUT2D eigenvalue weighted by Gasteiger charge is -2.12. The summed E-state index contributed by atoms with van der Waals surface area (Å²) in [5.41, 5.74) is 1.16. The van der Waals surface area contributed by atoms with E-state index in [1.807, 2.05) is 12.1 Å². The number of hydrogen-bond donors (Lipinski definition) is 1. The van der Waals surface area contributed by atoms with E-state index in [1.54, 1.807) is 14.2 Å². The van der Waals surface area contributed by atoms with Crippen molar-refractivity contribution in [1.82, 2.24) is 5.32 Å². The van der Waals surface area contributed by atoms with Crippen LogP contribution >= 0.6 is 15.9 Å². The van der Waals surface area contributed by atoms with Crippen LogP contribution in [0.4, 0.5) is 0 Å². The highest BCUT2D eigenvalue weighted by atomic mass is 79.9. The number of benzene rings is 1. The van der Waals surface area contributed by atoms with Gasteiger partial charge in [0.05, 0.1) is 18.7 Å². The van der Waals surface area contributed by atoms with Gasteiger partial charge in [0.25, 0.3) is 0 Å². The molecule has 21 heavy (non-hydrogen) atoms. The highest BCUT2D eigenvalue weighted by Crippen LogP contribution is 2.36. The van der Waals surface area contributed by atoms with Crippen LogP contribution in [0.1, 0.15) is 31.7 Å². The maximum Gasteiger partial charge on any atom is 0.174 e. The van der Waals surface area contributed by atoms with Gasteiger partial charge in [0, 0.05) is 19.8 Å². The van der Waals surface area contributed by atoms with Crippen LogP contribution in [0.5, 0.6) is 11.5 Å². The highest BCUT2D eigenvalue weighted by molar-refractivity contribution is 9.10. The molecule has 1 N–H and O–H groups in total. The standard InChI is InChI=1S/C16H26BrNO3/c1-4-5-8-21-9-6-7-18-12-13-10-14(17)16(20-3)15(11-13)19-2/h10-11,18H,4-9,12H2,1-3H3. The molecular formula is C16H26BrNO3. The quantitative estimate of drug-likeness (QED) is 0.610. The van der Waals surface area contributed by atoms with Gasteiger partial charge in [-0.15, -0.1) is 0 Å². The summed E-state index contributed by atoms with van der Waals surface area (Å²) in [6.07, 6.45) is 3.36. The van der Waals surface area contributed by atoms with E-state index in [-0.39, 0.29) is 0 Å². The summed E-state index contributed by atoms with van der Waals surface area (Å²) in [5, 5.41) is 3.41. The first-order valence-electron chi connectivity index (χ1n) is 7.41. The Labute approximate surface area is 136 Å². The molecule has 0 saturated carbocycles. The summed E-state index contributed by atoms with van der Waals surface area (Å²) in [6.45, 7) is 5.61. The third kappa shape index (κ3) is 6.68. The molecule has 0 spiro atoms. The van der Waals surface area contributed by atoms with Gasteiger partial charge in [0.1, 0.15) is 0 Å². The summed E-state index contributed by atoms with van der Waals surface area (Å²) in [7, 11) is 3.29. The number of rotatable bonds is 11. The van der Waals surface area contributed by atoms with Crippen LogP contribution in [0.3, 0.4) is 0 Å². The van der Waals surface area contributed by atoms with Crippen LogP contribution in [0.2, 0.25) is 0 Å². The third-order valence-corrected chi connectivity index (χ3v) is 3.70. The van der Waals surface area contributed by atoms with Crippen molar-refractivity contribution in [1.29, 1.82) is 0 Å². The molecule has 120 valence electrons. The van der Waals surface area contributed by atoms with Crippen LogP contribution < -0.4 is 14.8 Å². The van der Waals surface area contributed by atoms with E-state index in [1.165, 1.54) is 6.42 Å². The molecule has 0 radical (unpaired) electrons. The Morgan fingerprint density at radius 1 is 1.10 bits per heavy atom. The number of ether oxygens (including phenoxy) is 3. The van der Waals surface area contributed by atoms with Crippen molar-refractivity contribution < 1.29 is 14.2 Å². The first-order valence-corrected chi connectivity index (χ1v) is 8.21. The topological polar surface area (TPSA) is 39.7 Å². The van der Waals surface area contributed by atoms with Crippen LogP contribution in [0.15, 0.2) is 16.6 Å². The smallest absolute Gasteiger partial charge is 0.174 e. The highest BCUT2D eigenvalue weighted by Gasteiger charge is 2.10. The van der Waals surface area contributed by atoms with Gasteiger partial charge in [-0.3, -0.25) is 0 Å². The first-order chi connectivity index (χ1) is 10.2. The molecule has 5 heteroatoms. The molecule has 0 aliphatic rings. The fraction of sp³-hybridized carbons (Fsp3) is 0.625. The molecule has 0 bridgehead atoms. The van der Waals surface area contributed by atoms with Crippen molar-refractivity contribution in [3.63, 3.8) is 0 Å². The Bertz CT molecular complexity index is 413. The van der Waals surface area contributed by atoms with Crippen molar-refractivity contribution in [2.45, 2.75) is 32.7 Å². The van der Waals surface area contributed by atoms with E-state index in [2.05, 4.69) is 28.2 Å². The van der Waals surface area contributed by atoms with Crippen molar-refractivity contribution in [3.05, 3.63) is 22.2 Å². The average Bonchev–Trinajstić information content (AvgIpc) is 2.49. The molecule has 0 amide bonds. The second-order valence-electron chi connectivity index (χ2n) is 4.81. The van der Waals surface area contributed by atoms with Gasteiger partial charge in [-0.1, -0.05) is 13.3 Å². The summed E-state index contributed by atoms with van der Waals surface area (Å²) in [4.78, 5) is 0. The van der Waals surface area contributed by atoms with Gasteiger partial charge in [0.15, 0.2) is 11.5 Å². The minimum Gasteiger partial charge on any atom is -0.493 e. The Kier molecular flexibility index (Phi) is 9.46.